The summed E-state index contributed by atoms with van der Waals surface area (Å²) in [7, 11) is 0. The Kier molecular flexibility index (Phi) is 4.86. The summed E-state index contributed by atoms with van der Waals surface area (Å²) >= 11 is 2.19. The molecule has 1 N–H and O–H groups in total. The SMILES string of the molecule is CCSc1cc(C(F)(F)F)cnc1-c1nc2cc(C(F)(F)F)c[nH+]c2s1. The van der Waals surface area contributed by atoms with Gasteiger partial charge in [0, 0.05) is 11.1 Å². The Labute approximate surface area is 151 Å². The van der Waals surface area contributed by atoms with Gasteiger partial charge >= 0.3 is 12.4 Å². The van der Waals surface area contributed by atoms with Crippen molar-refractivity contribution >= 4 is 33.4 Å². The molecule has 3 aromatic heterocycles. The van der Waals surface area contributed by atoms with Crippen LogP contribution in [-0.4, -0.2) is 15.7 Å². The first-order valence-corrected chi connectivity index (χ1v) is 8.99. The highest BCUT2D eigenvalue weighted by Gasteiger charge is 2.34. The number of hydrogen-bond donors (Lipinski definition) is 0. The predicted octanol–water partition coefficient (Wildman–Crippen LogP) is 5.32. The van der Waals surface area contributed by atoms with Gasteiger partial charge in [-0.05, 0) is 29.2 Å². The van der Waals surface area contributed by atoms with Crippen molar-refractivity contribution in [3.8, 4) is 10.7 Å². The van der Waals surface area contributed by atoms with Crippen molar-refractivity contribution in [2.24, 2.45) is 0 Å². The topological polar surface area (TPSA) is 39.9 Å². The Morgan fingerprint density at radius 3 is 2.38 bits per heavy atom. The maximum absolute atomic E-state index is 12.9. The number of H-pyrrole nitrogens is 1. The summed E-state index contributed by atoms with van der Waals surface area (Å²) in [6.45, 7) is 1.77. The minimum absolute atomic E-state index is 0.0778. The van der Waals surface area contributed by atoms with E-state index in [9.17, 15) is 26.3 Å². The minimum Gasteiger partial charge on any atom is -0.252 e. The van der Waals surface area contributed by atoms with E-state index in [4.69, 9.17) is 0 Å². The van der Waals surface area contributed by atoms with Crippen molar-refractivity contribution in [2.45, 2.75) is 24.2 Å². The maximum Gasteiger partial charge on any atom is 0.422 e. The molecule has 0 aliphatic rings. The van der Waals surface area contributed by atoms with Crippen molar-refractivity contribution in [1.82, 2.24) is 9.97 Å². The van der Waals surface area contributed by atoms with Gasteiger partial charge in [-0.15, -0.1) is 11.8 Å². The zero-order chi connectivity index (χ0) is 19.1. The quantitative estimate of drug-likeness (QED) is 0.433. The van der Waals surface area contributed by atoms with E-state index in [0.717, 1.165) is 41.4 Å². The Balaban J connectivity index is 2.10. The summed E-state index contributed by atoms with van der Waals surface area (Å²) in [5.74, 6) is 0.505. The van der Waals surface area contributed by atoms with Crippen molar-refractivity contribution < 1.29 is 31.3 Å². The van der Waals surface area contributed by atoms with Crippen LogP contribution in [0.4, 0.5) is 26.3 Å². The van der Waals surface area contributed by atoms with Crippen LogP contribution >= 0.6 is 23.1 Å². The smallest absolute Gasteiger partial charge is 0.252 e. The Hall–Kier alpha value is -1.88. The fourth-order valence-corrected chi connectivity index (χ4v) is 3.95. The molecule has 0 amide bonds. The standard InChI is InChI=1S/C15H9F6N3S2/c1-2-25-10-4-8(15(19,20)21)5-22-11(10)13-24-9-3-7(14(16,17)18)6-23-12(9)26-13/h3-6H,2H2,1H3/p+1. The molecule has 138 valence electrons. The molecule has 11 heteroatoms. The van der Waals surface area contributed by atoms with Crippen LogP contribution < -0.4 is 4.98 Å². The molecule has 3 aromatic rings. The van der Waals surface area contributed by atoms with Crippen LogP contribution in [0.5, 0.6) is 0 Å². The summed E-state index contributed by atoms with van der Waals surface area (Å²) in [5, 5.41) is 0.250. The summed E-state index contributed by atoms with van der Waals surface area (Å²) in [6, 6.07) is 1.87. The Bertz CT molecular complexity index is 949. The lowest BCUT2D eigenvalue weighted by molar-refractivity contribution is -0.345. The molecule has 3 nitrogen and oxygen atoms in total. The molecular formula is C15H10F6N3S2+. The molecule has 0 aromatic carbocycles. The third-order valence-electron chi connectivity index (χ3n) is 3.31. The number of alkyl halides is 6. The minimum atomic E-state index is -4.53. The van der Waals surface area contributed by atoms with Crippen LogP contribution in [0.2, 0.25) is 0 Å². The van der Waals surface area contributed by atoms with Gasteiger partial charge in [0.15, 0.2) is 6.20 Å². The van der Waals surface area contributed by atoms with Crippen molar-refractivity contribution in [2.75, 3.05) is 5.75 Å². The number of hydrogen-bond acceptors (Lipinski definition) is 4. The van der Waals surface area contributed by atoms with E-state index in [0.29, 0.717) is 16.8 Å². The zero-order valence-electron chi connectivity index (χ0n) is 13.0. The van der Waals surface area contributed by atoms with E-state index in [-0.39, 0.29) is 21.1 Å². The number of aromatic nitrogens is 3. The summed E-state index contributed by atoms with van der Waals surface area (Å²) in [4.78, 5) is 11.2. The van der Waals surface area contributed by atoms with Gasteiger partial charge in [0.25, 0.3) is 4.83 Å². The van der Waals surface area contributed by atoms with E-state index in [2.05, 4.69) is 15.0 Å². The van der Waals surface area contributed by atoms with Crippen LogP contribution in [0, 0.1) is 0 Å². The maximum atomic E-state index is 12.9. The number of nitrogens with one attached hydrogen (secondary N) is 1. The van der Waals surface area contributed by atoms with E-state index in [1.165, 1.54) is 0 Å². The number of thiazole rings is 1. The molecule has 0 radical (unpaired) electrons. The third-order valence-corrected chi connectivity index (χ3v) is 5.23. The number of fused-ring (bicyclic) bond motifs is 1. The van der Waals surface area contributed by atoms with Crippen LogP contribution in [0.15, 0.2) is 29.4 Å². The number of aromatic amines is 1. The second-order valence-electron chi connectivity index (χ2n) is 5.12. The van der Waals surface area contributed by atoms with Gasteiger partial charge in [0.2, 0.25) is 0 Å². The lowest BCUT2D eigenvalue weighted by atomic mass is 10.2. The second-order valence-corrected chi connectivity index (χ2v) is 7.43. The molecule has 26 heavy (non-hydrogen) atoms. The molecule has 3 heterocycles. The highest BCUT2D eigenvalue weighted by atomic mass is 32.2. The van der Waals surface area contributed by atoms with Gasteiger partial charge in [-0.2, -0.15) is 26.3 Å². The zero-order valence-corrected chi connectivity index (χ0v) is 14.6. The lowest BCUT2D eigenvalue weighted by Crippen LogP contribution is -2.11. The first-order chi connectivity index (χ1) is 12.1. The fraction of sp³-hybridized carbons (Fsp3) is 0.267. The molecule has 3 rings (SSSR count). The molecule has 0 saturated heterocycles. The van der Waals surface area contributed by atoms with E-state index < -0.39 is 23.5 Å². The monoisotopic (exact) mass is 410 g/mol. The van der Waals surface area contributed by atoms with Crippen LogP contribution in [0.25, 0.3) is 21.0 Å². The molecule has 0 atom stereocenters. The third kappa shape index (κ3) is 3.78. The molecule has 0 unspecified atom stereocenters. The Morgan fingerprint density at radius 2 is 1.77 bits per heavy atom. The van der Waals surface area contributed by atoms with E-state index >= 15 is 0 Å². The molecule has 0 fully saturated rings. The van der Waals surface area contributed by atoms with Crippen molar-refractivity contribution in [1.29, 1.82) is 0 Å². The van der Waals surface area contributed by atoms with E-state index in [1.54, 1.807) is 6.92 Å². The average molecular weight is 410 g/mol. The van der Waals surface area contributed by atoms with E-state index in [1.807, 2.05) is 0 Å². The molecule has 0 aliphatic heterocycles. The van der Waals surface area contributed by atoms with Gasteiger partial charge in [0.1, 0.15) is 21.8 Å². The second kappa shape index (κ2) is 6.69. The van der Waals surface area contributed by atoms with Gasteiger partial charge < -0.3 is 0 Å². The number of thioether (sulfide) groups is 1. The molecule has 0 saturated carbocycles. The molecule has 0 bridgehead atoms. The number of pyridine rings is 2. The fourth-order valence-electron chi connectivity index (χ4n) is 2.16. The van der Waals surface area contributed by atoms with Crippen LogP contribution in [0.1, 0.15) is 18.1 Å². The number of halogens is 6. The average Bonchev–Trinajstić information content (AvgIpc) is 2.96. The lowest BCUT2D eigenvalue weighted by Gasteiger charge is -2.10. The largest absolute Gasteiger partial charge is 0.422 e. The predicted molar refractivity (Wildman–Crippen MR) is 85.8 cm³/mol. The van der Waals surface area contributed by atoms with Crippen molar-refractivity contribution in [3.05, 3.63) is 35.7 Å². The number of nitrogens with zero attached hydrogens (tertiary/aromatic N) is 2. The summed E-state index contributed by atoms with van der Waals surface area (Å²) in [6.07, 6.45) is -7.53. The summed E-state index contributed by atoms with van der Waals surface area (Å²) in [5.41, 5.74) is -1.48. The first kappa shape index (κ1) is 18.9. The summed E-state index contributed by atoms with van der Waals surface area (Å²) < 4.78 is 77.1. The first-order valence-electron chi connectivity index (χ1n) is 7.19. The Morgan fingerprint density at radius 1 is 1.08 bits per heavy atom. The van der Waals surface area contributed by atoms with Crippen molar-refractivity contribution in [3.63, 3.8) is 0 Å². The number of rotatable bonds is 3. The van der Waals surface area contributed by atoms with Crippen LogP contribution in [0.3, 0.4) is 0 Å². The van der Waals surface area contributed by atoms with Gasteiger partial charge in [0.05, 0.1) is 5.56 Å². The highest BCUT2D eigenvalue weighted by Crippen LogP contribution is 2.38. The van der Waals surface area contributed by atoms with Gasteiger partial charge in [-0.1, -0.05) is 6.92 Å². The molecule has 0 spiro atoms. The normalized spacial score (nSPS) is 12.7. The van der Waals surface area contributed by atoms with Gasteiger partial charge in [-0.25, -0.2) is 9.97 Å². The molecular weight excluding hydrogens is 400 g/mol. The van der Waals surface area contributed by atoms with Crippen LogP contribution in [-0.2, 0) is 12.4 Å². The highest BCUT2D eigenvalue weighted by molar-refractivity contribution is 7.99. The molecule has 0 aliphatic carbocycles. The van der Waals surface area contributed by atoms with Gasteiger partial charge in [-0.3, -0.25) is 4.98 Å².